The molecule has 1 aromatic carbocycles. The molecule has 0 saturated carbocycles. The van der Waals surface area contributed by atoms with Crippen molar-refractivity contribution in [2.75, 3.05) is 11.9 Å². The monoisotopic (exact) mass is 369 g/mol. The lowest BCUT2D eigenvalue weighted by Crippen LogP contribution is -2.27. The Hall–Kier alpha value is -2.93. The van der Waals surface area contributed by atoms with E-state index in [1.54, 1.807) is 36.1 Å². The molecule has 0 aliphatic carbocycles. The third-order valence-corrected chi connectivity index (χ3v) is 4.91. The molecule has 0 aliphatic rings. The van der Waals surface area contributed by atoms with Gasteiger partial charge >= 0.3 is 5.97 Å². The van der Waals surface area contributed by atoms with Gasteiger partial charge in [0.1, 0.15) is 4.88 Å². The number of thiophene rings is 1. The molecule has 0 fully saturated rings. The van der Waals surface area contributed by atoms with Crippen LogP contribution in [0.3, 0.4) is 0 Å². The molecular weight excluding hydrogens is 350 g/mol. The largest absolute Gasteiger partial charge is 0.462 e. The van der Waals surface area contributed by atoms with Crippen molar-refractivity contribution in [2.24, 2.45) is 0 Å². The van der Waals surface area contributed by atoms with Crippen LogP contribution in [0.25, 0.3) is 0 Å². The summed E-state index contributed by atoms with van der Waals surface area (Å²) in [6.45, 7) is 3.89. The Kier molecular flexibility index (Phi) is 5.48. The molecule has 2 aromatic heterocycles. The van der Waals surface area contributed by atoms with Crippen LogP contribution in [0.2, 0.25) is 0 Å². The summed E-state index contributed by atoms with van der Waals surface area (Å²) in [7, 11) is 0. The number of nitrogens with one attached hydrogen (secondary N) is 1. The van der Waals surface area contributed by atoms with Crippen LogP contribution >= 0.6 is 11.3 Å². The fourth-order valence-corrected chi connectivity index (χ4v) is 3.60. The summed E-state index contributed by atoms with van der Waals surface area (Å²) in [5, 5.41) is 7.71. The van der Waals surface area contributed by atoms with Crippen LogP contribution in [0.1, 0.15) is 33.8 Å². The van der Waals surface area contributed by atoms with Gasteiger partial charge in [-0.25, -0.2) is 4.79 Å². The summed E-state index contributed by atoms with van der Waals surface area (Å²) in [5.74, 6) is -0.598. The first-order valence-corrected chi connectivity index (χ1v) is 9.04. The Morgan fingerprint density at radius 2 is 2.04 bits per heavy atom. The number of aromatic nitrogens is 2. The van der Waals surface area contributed by atoms with Crippen LogP contribution in [-0.4, -0.2) is 28.3 Å². The van der Waals surface area contributed by atoms with Crippen molar-refractivity contribution in [2.45, 2.75) is 19.9 Å². The van der Waals surface area contributed by atoms with E-state index in [-0.39, 0.29) is 11.9 Å². The SMILES string of the molecule is CCOC(=O)c1sc(NC(=O)[C@H](c2ccccc2)n2cccn2)cc1C. The van der Waals surface area contributed by atoms with Gasteiger partial charge < -0.3 is 10.1 Å². The maximum Gasteiger partial charge on any atom is 0.348 e. The minimum Gasteiger partial charge on any atom is -0.462 e. The van der Waals surface area contributed by atoms with Crippen LogP contribution in [-0.2, 0) is 9.53 Å². The lowest BCUT2D eigenvalue weighted by molar-refractivity contribution is -0.118. The standard InChI is InChI=1S/C19H19N3O3S/c1-3-25-19(24)17-13(2)12-15(26-17)21-18(23)16(22-11-7-10-20-22)14-8-5-4-6-9-14/h4-12,16H,3H2,1-2H3,(H,21,23)/t16-/m0/s1. The number of hydrogen-bond donors (Lipinski definition) is 1. The smallest absolute Gasteiger partial charge is 0.348 e. The van der Waals surface area contributed by atoms with Crippen LogP contribution in [0.4, 0.5) is 5.00 Å². The number of rotatable bonds is 6. The number of aryl methyl sites for hydroxylation is 1. The summed E-state index contributed by atoms with van der Waals surface area (Å²) >= 11 is 1.21. The van der Waals surface area contributed by atoms with E-state index < -0.39 is 6.04 Å². The molecule has 2 heterocycles. The number of carbonyl (C=O) groups is 2. The molecule has 134 valence electrons. The zero-order chi connectivity index (χ0) is 18.5. The zero-order valence-electron chi connectivity index (χ0n) is 14.5. The van der Waals surface area contributed by atoms with Crippen molar-refractivity contribution >= 4 is 28.2 Å². The maximum atomic E-state index is 12.9. The molecule has 3 aromatic rings. The fraction of sp³-hybridized carbons (Fsp3) is 0.211. The zero-order valence-corrected chi connectivity index (χ0v) is 15.3. The Labute approximate surface area is 155 Å². The summed E-state index contributed by atoms with van der Waals surface area (Å²) in [6.07, 6.45) is 3.39. The highest BCUT2D eigenvalue weighted by atomic mass is 32.1. The Bertz CT molecular complexity index is 888. The molecule has 0 spiro atoms. The van der Waals surface area contributed by atoms with Crippen LogP contribution in [0, 0.1) is 6.92 Å². The van der Waals surface area contributed by atoms with E-state index in [1.165, 1.54) is 11.3 Å². The normalized spacial score (nSPS) is 11.8. The number of benzene rings is 1. The number of anilines is 1. The van der Waals surface area contributed by atoms with Gasteiger partial charge in [0.05, 0.1) is 11.6 Å². The van der Waals surface area contributed by atoms with Crippen molar-refractivity contribution in [3.05, 3.63) is 70.9 Å². The van der Waals surface area contributed by atoms with Gasteiger partial charge in [-0.2, -0.15) is 5.10 Å². The van der Waals surface area contributed by atoms with Crippen LogP contribution in [0.15, 0.2) is 54.9 Å². The third-order valence-electron chi connectivity index (χ3n) is 3.78. The average molecular weight is 369 g/mol. The molecule has 3 rings (SSSR count). The van der Waals surface area contributed by atoms with E-state index in [4.69, 9.17) is 4.74 Å². The number of carbonyl (C=O) groups excluding carboxylic acids is 2. The molecular formula is C19H19N3O3S. The van der Waals surface area contributed by atoms with Crippen molar-refractivity contribution in [1.29, 1.82) is 0 Å². The van der Waals surface area contributed by atoms with E-state index in [9.17, 15) is 9.59 Å². The van der Waals surface area contributed by atoms with Gasteiger partial charge in [0.25, 0.3) is 5.91 Å². The Balaban J connectivity index is 1.85. The Morgan fingerprint density at radius 3 is 2.69 bits per heavy atom. The highest BCUT2D eigenvalue weighted by molar-refractivity contribution is 7.18. The van der Waals surface area contributed by atoms with Crippen molar-refractivity contribution in [1.82, 2.24) is 9.78 Å². The lowest BCUT2D eigenvalue weighted by atomic mass is 10.1. The summed E-state index contributed by atoms with van der Waals surface area (Å²) in [5.41, 5.74) is 1.60. The van der Waals surface area contributed by atoms with Gasteiger partial charge in [-0.15, -0.1) is 11.3 Å². The van der Waals surface area contributed by atoms with E-state index in [0.29, 0.717) is 16.5 Å². The second-order valence-electron chi connectivity index (χ2n) is 5.63. The first-order chi connectivity index (χ1) is 12.6. The quantitative estimate of drug-likeness (QED) is 0.673. The van der Waals surface area contributed by atoms with Gasteiger partial charge in [-0.3, -0.25) is 9.48 Å². The third kappa shape index (κ3) is 3.83. The van der Waals surface area contributed by atoms with E-state index in [2.05, 4.69) is 10.4 Å². The second-order valence-corrected chi connectivity index (χ2v) is 6.68. The summed E-state index contributed by atoms with van der Waals surface area (Å²) in [6, 6.07) is 12.4. The number of esters is 1. The molecule has 0 saturated heterocycles. The minimum atomic E-state index is -0.598. The molecule has 0 bridgehead atoms. The molecule has 1 atom stereocenters. The van der Waals surface area contributed by atoms with Crippen molar-refractivity contribution in [3.8, 4) is 0 Å². The van der Waals surface area contributed by atoms with Crippen LogP contribution < -0.4 is 5.32 Å². The number of amides is 1. The van der Waals surface area contributed by atoms with E-state index in [1.807, 2.05) is 37.3 Å². The fourth-order valence-electron chi connectivity index (χ4n) is 2.63. The van der Waals surface area contributed by atoms with E-state index in [0.717, 1.165) is 11.1 Å². The molecule has 26 heavy (non-hydrogen) atoms. The summed E-state index contributed by atoms with van der Waals surface area (Å²) < 4.78 is 6.66. The maximum absolute atomic E-state index is 12.9. The lowest BCUT2D eigenvalue weighted by Gasteiger charge is -2.17. The number of hydrogen-bond acceptors (Lipinski definition) is 5. The highest BCUT2D eigenvalue weighted by Gasteiger charge is 2.24. The first-order valence-electron chi connectivity index (χ1n) is 8.22. The predicted octanol–water partition coefficient (Wildman–Crippen LogP) is 3.66. The second kappa shape index (κ2) is 7.97. The summed E-state index contributed by atoms with van der Waals surface area (Å²) in [4.78, 5) is 25.4. The van der Waals surface area contributed by atoms with Crippen molar-refractivity contribution in [3.63, 3.8) is 0 Å². The molecule has 1 amide bonds. The Morgan fingerprint density at radius 1 is 1.27 bits per heavy atom. The highest BCUT2D eigenvalue weighted by Crippen LogP contribution is 2.29. The average Bonchev–Trinajstić information content (AvgIpc) is 3.26. The number of ether oxygens (including phenoxy) is 1. The molecule has 6 nitrogen and oxygen atoms in total. The van der Waals surface area contributed by atoms with Gasteiger partial charge in [0.2, 0.25) is 0 Å². The van der Waals surface area contributed by atoms with Gasteiger partial charge in [0.15, 0.2) is 6.04 Å². The molecule has 0 aliphatic heterocycles. The molecule has 0 radical (unpaired) electrons. The minimum absolute atomic E-state index is 0.225. The first kappa shape index (κ1) is 17.9. The van der Waals surface area contributed by atoms with Gasteiger partial charge in [0, 0.05) is 12.4 Å². The molecule has 0 unspecified atom stereocenters. The predicted molar refractivity (Wildman–Crippen MR) is 100 cm³/mol. The van der Waals surface area contributed by atoms with E-state index >= 15 is 0 Å². The van der Waals surface area contributed by atoms with Gasteiger partial charge in [-0.05, 0) is 37.1 Å². The van der Waals surface area contributed by atoms with Gasteiger partial charge in [-0.1, -0.05) is 30.3 Å². The molecule has 7 heteroatoms. The molecule has 1 N–H and O–H groups in total. The van der Waals surface area contributed by atoms with Crippen molar-refractivity contribution < 1.29 is 14.3 Å². The number of nitrogens with zero attached hydrogens (tertiary/aromatic N) is 2. The topological polar surface area (TPSA) is 73.2 Å². The van der Waals surface area contributed by atoms with Crippen LogP contribution in [0.5, 0.6) is 0 Å².